The number of imide groups is 1. The molecule has 0 spiro atoms. The highest BCUT2D eigenvalue weighted by molar-refractivity contribution is 6.08. The first kappa shape index (κ1) is 8.48. The van der Waals surface area contributed by atoms with Crippen molar-refractivity contribution in [1.82, 2.24) is 4.90 Å². The van der Waals surface area contributed by atoms with Gasteiger partial charge in [-0.2, -0.15) is 0 Å². The molecule has 1 heterocycles. The summed E-state index contributed by atoms with van der Waals surface area (Å²) in [7, 11) is 0. The Morgan fingerprint density at radius 3 is 2.85 bits per heavy atom. The minimum Gasteiger partial charge on any atom is -0.275 e. The Kier molecular flexibility index (Phi) is 1.75. The topological polar surface area (TPSA) is 37.4 Å². The van der Waals surface area contributed by atoms with Gasteiger partial charge in [0.25, 0.3) is 5.91 Å². The van der Waals surface area contributed by atoms with Gasteiger partial charge < -0.3 is 0 Å². The summed E-state index contributed by atoms with van der Waals surface area (Å²) in [6, 6.07) is 0.191. The molecule has 2 rings (SSSR count). The van der Waals surface area contributed by atoms with Crippen molar-refractivity contribution in [2.75, 3.05) is 0 Å². The summed E-state index contributed by atoms with van der Waals surface area (Å²) in [4.78, 5) is 24.3. The molecule has 1 aliphatic heterocycles. The molecule has 3 nitrogen and oxygen atoms in total. The van der Waals surface area contributed by atoms with Gasteiger partial charge in [0, 0.05) is 5.57 Å². The minimum atomic E-state index is -0.187. The Morgan fingerprint density at radius 1 is 1.54 bits per heavy atom. The smallest absolute Gasteiger partial charge is 0.255 e. The van der Waals surface area contributed by atoms with Crippen molar-refractivity contribution >= 4 is 11.8 Å². The highest BCUT2D eigenvalue weighted by atomic mass is 16.2. The third kappa shape index (κ3) is 1.03. The van der Waals surface area contributed by atoms with Gasteiger partial charge in [0.2, 0.25) is 5.91 Å². The van der Waals surface area contributed by atoms with Crippen LogP contribution in [0.5, 0.6) is 0 Å². The van der Waals surface area contributed by atoms with E-state index in [9.17, 15) is 9.59 Å². The van der Waals surface area contributed by atoms with E-state index in [0.29, 0.717) is 5.57 Å². The molecule has 0 aromatic rings. The van der Waals surface area contributed by atoms with Gasteiger partial charge in [0.05, 0.1) is 12.0 Å². The van der Waals surface area contributed by atoms with E-state index in [2.05, 4.69) is 6.58 Å². The molecule has 0 unspecified atom stereocenters. The first-order valence-electron chi connectivity index (χ1n) is 4.66. The lowest BCUT2D eigenvalue weighted by atomic mass is 9.90. The van der Waals surface area contributed by atoms with E-state index in [4.69, 9.17) is 0 Å². The van der Waals surface area contributed by atoms with Crippen molar-refractivity contribution in [3.63, 3.8) is 0 Å². The summed E-state index contributed by atoms with van der Waals surface area (Å²) in [5, 5.41) is 0. The van der Waals surface area contributed by atoms with Crippen molar-refractivity contribution in [1.29, 1.82) is 0 Å². The molecule has 0 aromatic heterocycles. The fourth-order valence-corrected chi connectivity index (χ4v) is 2.25. The van der Waals surface area contributed by atoms with E-state index in [-0.39, 0.29) is 23.8 Å². The van der Waals surface area contributed by atoms with Crippen LogP contribution in [-0.2, 0) is 9.59 Å². The summed E-state index contributed by atoms with van der Waals surface area (Å²) in [5.41, 5.74) is 0.457. The molecule has 0 N–H and O–H groups in total. The summed E-state index contributed by atoms with van der Waals surface area (Å²) in [6.45, 7) is 5.21. The zero-order valence-corrected chi connectivity index (χ0v) is 7.75. The van der Waals surface area contributed by atoms with Crippen LogP contribution in [-0.4, -0.2) is 22.8 Å². The van der Waals surface area contributed by atoms with E-state index in [1.165, 1.54) is 4.90 Å². The zero-order valence-electron chi connectivity index (χ0n) is 7.75. The van der Waals surface area contributed by atoms with Crippen LogP contribution in [0.2, 0.25) is 0 Å². The zero-order chi connectivity index (χ0) is 9.59. The highest BCUT2D eigenvalue weighted by Gasteiger charge is 2.52. The van der Waals surface area contributed by atoms with E-state index >= 15 is 0 Å². The van der Waals surface area contributed by atoms with Crippen LogP contribution >= 0.6 is 0 Å². The van der Waals surface area contributed by atoms with Crippen LogP contribution in [0.3, 0.4) is 0 Å². The molecular formula is C10H13NO2. The first-order chi connectivity index (χ1) is 6.13. The molecule has 1 aliphatic carbocycles. The molecule has 1 saturated carbocycles. The fourth-order valence-electron chi connectivity index (χ4n) is 2.25. The van der Waals surface area contributed by atoms with Crippen molar-refractivity contribution < 1.29 is 9.59 Å². The Labute approximate surface area is 77.4 Å². The molecule has 0 aromatic carbocycles. The number of hydrogen-bond acceptors (Lipinski definition) is 2. The Bertz CT molecular complexity index is 295. The molecular weight excluding hydrogens is 166 g/mol. The Morgan fingerprint density at radius 2 is 2.23 bits per heavy atom. The van der Waals surface area contributed by atoms with E-state index in [1.807, 2.05) is 0 Å². The third-order valence-electron chi connectivity index (χ3n) is 2.95. The summed E-state index contributed by atoms with van der Waals surface area (Å²) in [6.07, 6.45) is 3.01. The molecule has 1 saturated heterocycles. The average molecular weight is 179 g/mol. The van der Waals surface area contributed by atoms with Crippen LogP contribution in [0.25, 0.3) is 0 Å². The predicted molar refractivity (Wildman–Crippen MR) is 47.8 cm³/mol. The average Bonchev–Trinajstić information content (AvgIpc) is 2.48. The third-order valence-corrected chi connectivity index (χ3v) is 2.95. The minimum absolute atomic E-state index is 0.00972. The van der Waals surface area contributed by atoms with Crippen LogP contribution in [0.15, 0.2) is 12.2 Å². The SMILES string of the molecule is C=C(C)C(=O)N1C(=O)[C@H]2CCC[C@@H]21. The molecule has 2 aliphatic rings. The maximum Gasteiger partial charge on any atom is 0.255 e. The van der Waals surface area contributed by atoms with Crippen LogP contribution in [0.1, 0.15) is 26.2 Å². The molecule has 13 heavy (non-hydrogen) atoms. The van der Waals surface area contributed by atoms with E-state index in [0.717, 1.165) is 19.3 Å². The van der Waals surface area contributed by atoms with Crippen LogP contribution in [0, 0.1) is 5.92 Å². The van der Waals surface area contributed by atoms with Crippen molar-refractivity contribution in [3.8, 4) is 0 Å². The van der Waals surface area contributed by atoms with Gasteiger partial charge in [-0.3, -0.25) is 14.5 Å². The number of β-lactam (4-membered cyclic amide) rings is 1. The fraction of sp³-hybridized carbons (Fsp3) is 0.600. The van der Waals surface area contributed by atoms with Crippen molar-refractivity contribution in [2.24, 2.45) is 5.92 Å². The first-order valence-corrected chi connectivity index (χ1v) is 4.66. The Balaban J connectivity index is 2.14. The van der Waals surface area contributed by atoms with Crippen LogP contribution in [0.4, 0.5) is 0 Å². The summed E-state index contributed by atoms with van der Waals surface area (Å²) >= 11 is 0. The number of hydrogen-bond donors (Lipinski definition) is 0. The molecule has 2 amide bonds. The largest absolute Gasteiger partial charge is 0.275 e. The molecule has 0 bridgehead atoms. The monoisotopic (exact) mass is 179 g/mol. The normalized spacial score (nSPS) is 31.2. The molecule has 70 valence electrons. The number of nitrogens with zero attached hydrogens (tertiary/aromatic N) is 1. The van der Waals surface area contributed by atoms with Gasteiger partial charge in [-0.25, -0.2) is 0 Å². The second-order valence-corrected chi connectivity index (χ2v) is 3.90. The molecule has 0 radical (unpaired) electrons. The van der Waals surface area contributed by atoms with Crippen molar-refractivity contribution in [3.05, 3.63) is 12.2 Å². The van der Waals surface area contributed by atoms with Crippen LogP contribution < -0.4 is 0 Å². The van der Waals surface area contributed by atoms with E-state index in [1.54, 1.807) is 6.92 Å². The van der Waals surface area contributed by atoms with Gasteiger partial charge in [0.15, 0.2) is 0 Å². The van der Waals surface area contributed by atoms with E-state index < -0.39 is 0 Å². The standard InChI is InChI=1S/C10H13NO2/c1-6(2)9(12)11-8-5-3-4-7(8)10(11)13/h7-8H,1,3-5H2,2H3/t7-,8-/m0/s1. The number of likely N-dealkylation sites (tertiary alicyclic amines) is 1. The number of amides is 2. The summed E-state index contributed by atoms with van der Waals surface area (Å²) in [5.74, 6) is -0.0352. The molecule has 2 atom stereocenters. The number of fused-ring (bicyclic) bond motifs is 1. The lowest BCUT2D eigenvalue weighted by Gasteiger charge is -2.41. The number of rotatable bonds is 1. The lowest BCUT2D eigenvalue weighted by Crippen LogP contribution is -2.60. The van der Waals surface area contributed by atoms with Gasteiger partial charge in [0.1, 0.15) is 0 Å². The quantitative estimate of drug-likeness (QED) is 0.446. The number of carbonyl (C=O) groups is 2. The highest BCUT2D eigenvalue weighted by Crippen LogP contribution is 2.40. The number of carbonyl (C=O) groups excluding carboxylic acids is 2. The predicted octanol–water partition coefficient (Wildman–Crippen LogP) is 1.10. The van der Waals surface area contributed by atoms with Gasteiger partial charge in [-0.15, -0.1) is 0 Å². The second-order valence-electron chi connectivity index (χ2n) is 3.90. The van der Waals surface area contributed by atoms with Crippen molar-refractivity contribution in [2.45, 2.75) is 32.2 Å². The maximum atomic E-state index is 11.5. The molecule has 2 fully saturated rings. The maximum absolute atomic E-state index is 11.5. The van der Waals surface area contributed by atoms with Gasteiger partial charge in [-0.05, 0) is 19.8 Å². The summed E-state index contributed by atoms with van der Waals surface area (Å²) < 4.78 is 0. The van der Waals surface area contributed by atoms with Gasteiger partial charge >= 0.3 is 0 Å². The second kappa shape index (κ2) is 2.69. The Hall–Kier alpha value is -1.12. The lowest BCUT2D eigenvalue weighted by molar-refractivity contribution is -0.162. The molecule has 3 heteroatoms. The van der Waals surface area contributed by atoms with Gasteiger partial charge in [-0.1, -0.05) is 13.0 Å².